The molecule has 1 atom stereocenters. The molecule has 2 heterocycles. The molecule has 1 aliphatic heterocycles. The molecule has 0 radical (unpaired) electrons. The Labute approximate surface area is 79.1 Å². The maximum Gasteiger partial charge on any atom is 0.0562 e. The first kappa shape index (κ1) is 8.75. The van der Waals surface area contributed by atoms with Crippen molar-refractivity contribution in [2.45, 2.75) is 38.8 Å². The molecule has 1 fully saturated rings. The maximum absolute atomic E-state index is 4.29. The zero-order valence-corrected chi connectivity index (χ0v) is 8.16. The van der Waals surface area contributed by atoms with Gasteiger partial charge < -0.3 is 5.32 Å². The van der Waals surface area contributed by atoms with Crippen LogP contribution < -0.4 is 5.32 Å². The minimum Gasteiger partial charge on any atom is -0.312 e. The second-order valence-corrected chi connectivity index (χ2v) is 3.89. The number of nitrogens with one attached hydrogen (secondary N) is 1. The first-order chi connectivity index (χ1) is 6.34. The van der Waals surface area contributed by atoms with Gasteiger partial charge in [-0.15, -0.1) is 0 Å². The summed E-state index contributed by atoms with van der Waals surface area (Å²) in [5.74, 6) is 0. The highest BCUT2D eigenvalue weighted by atomic mass is 15.3. The molecular weight excluding hydrogens is 162 g/mol. The lowest BCUT2D eigenvalue weighted by Crippen LogP contribution is -2.37. The van der Waals surface area contributed by atoms with Crippen LogP contribution in [-0.2, 0) is 6.54 Å². The SMILES string of the molecule is Cc1cnn(C[C@H]2CCCCN2)c1. The van der Waals surface area contributed by atoms with Gasteiger partial charge in [0.2, 0.25) is 0 Å². The van der Waals surface area contributed by atoms with Crippen molar-refractivity contribution in [3.8, 4) is 0 Å². The van der Waals surface area contributed by atoms with E-state index in [1.54, 1.807) is 0 Å². The summed E-state index contributed by atoms with van der Waals surface area (Å²) in [6.07, 6.45) is 8.00. The molecule has 0 spiro atoms. The average molecular weight is 179 g/mol. The summed E-state index contributed by atoms with van der Waals surface area (Å²) < 4.78 is 2.04. The third kappa shape index (κ3) is 2.31. The Kier molecular flexibility index (Phi) is 2.64. The van der Waals surface area contributed by atoms with E-state index in [1.165, 1.54) is 31.4 Å². The lowest BCUT2D eigenvalue weighted by atomic mass is 10.1. The van der Waals surface area contributed by atoms with E-state index in [4.69, 9.17) is 0 Å². The predicted molar refractivity (Wildman–Crippen MR) is 52.6 cm³/mol. The minimum absolute atomic E-state index is 0.632. The summed E-state index contributed by atoms with van der Waals surface area (Å²) in [5, 5.41) is 7.80. The van der Waals surface area contributed by atoms with Gasteiger partial charge in [-0.2, -0.15) is 5.10 Å². The molecule has 0 aliphatic carbocycles. The van der Waals surface area contributed by atoms with Gasteiger partial charge in [-0.1, -0.05) is 6.42 Å². The number of piperidine rings is 1. The quantitative estimate of drug-likeness (QED) is 0.742. The van der Waals surface area contributed by atoms with Crippen LogP contribution in [0.3, 0.4) is 0 Å². The molecule has 72 valence electrons. The first-order valence-corrected chi connectivity index (χ1v) is 5.07. The van der Waals surface area contributed by atoms with Crippen LogP contribution in [0.1, 0.15) is 24.8 Å². The van der Waals surface area contributed by atoms with Gasteiger partial charge in [-0.3, -0.25) is 4.68 Å². The molecule has 1 aromatic heterocycles. The van der Waals surface area contributed by atoms with Crippen molar-refractivity contribution >= 4 is 0 Å². The van der Waals surface area contributed by atoms with Crippen molar-refractivity contribution in [3.63, 3.8) is 0 Å². The third-order valence-corrected chi connectivity index (χ3v) is 2.58. The smallest absolute Gasteiger partial charge is 0.0562 e. The fraction of sp³-hybridized carbons (Fsp3) is 0.700. The van der Waals surface area contributed by atoms with Crippen LogP contribution in [0.4, 0.5) is 0 Å². The highest BCUT2D eigenvalue weighted by Gasteiger charge is 2.12. The van der Waals surface area contributed by atoms with E-state index in [-0.39, 0.29) is 0 Å². The molecule has 1 aliphatic rings. The topological polar surface area (TPSA) is 29.9 Å². The summed E-state index contributed by atoms with van der Waals surface area (Å²) in [6.45, 7) is 4.27. The predicted octanol–water partition coefficient (Wildman–Crippen LogP) is 1.33. The molecule has 3 heteroatoms. The standard InChI is InChI=1S/C10H17N3/c1-9-6-12-13(7-9)8-10-4-2-3-5-11-10/h6-7,10-11H,2-5,8H2,1H3/t10-/m1/s1. The van der Waals surface area contributed by atoms with Crippen molar-refractivity contribution in [1.29, 1.82) is 0 Å². The fourth-order valence-corrected chi connectivity index (χ4v) is 1.87. The summed E-state index contributed by atoms with van der Waals surface area (Å²) in [6, 6.07) is 0.632. The summed E-state index contributed by atoms with van der Waals surface area (Å²) in [4.78, 5) is 0. The number of hydrogen-bond donors (Lipinski definition) is 1. The number of hydrogen-bond acceptors (Lipinski definition) is 2. The molecule has 1 saturated heterocycles. The van der Waals surface area contributed by atoms with E-state index in [2.05, 4.69) is 23.5 Å². The Morgan fingerprint density at radius 2 is 2.54 bits per heavy atom. The van der Waals surface area contributed by atoms with Crippen LogP contribution in [0.2, 0.25) is 0 Å². The molecule has 3 nitrogen and oxygen atoms in total. The van der Waals surface area contributed by atoms with Gasteiger partial charge in [-0.05, 0) is 31.9 Å². The fourth-order valence-electron chi connectivity index (χ4n) is 1.87. The summed E-state index contributed by atoms with van der Waals surface area (Å²) in [5.41, 5.74) is 1.25. The molecular formula is C10H17N3. The van der Waals surface area contributed by atoms with Crippen LogP contribution in [0.15, 0.2) is 12.4 Å². The van der Waals surface area contributed by atoms with E-state index in [1.807, 2.05) is 10.9 Å². The monoisotopic (exact) mass is 179 g/mol. The molecule has 0 saturated carbocycles. The lowest BCUT2D eigenvalue weighted by molar-refractivity contribution is 0.351. The second kappa shape index (κ2) is 3.92. The van der Waals surface area contributed by atoms with Gasteiger partial charge in [0.25, 0.3) is 0 Å². The second-order valence-electron chi connectivity index (χ2n) is 3.89. The molecule has 0 aromatic carbocycles. The average Bonchev–Trinajstić information content (AvgIpc) is 2.53. The molecule has 0 bridgehead atoms. The summed E-state index contributed by atoms with van der Waals surface area (Å²) in [7, 11) is 0. The van der Waals surface area contributed by atoms with Gasteiger partial charge in [0.1, 0.15) is 0 Å². The van der Waals surface area contributed by atoms with Crippen LogP contribution in [0, 0.1) is 6.92 Å². The van der Waals surface area contributed by atoms with Gasteiger partial charge in [0, 0.05) is 12.2 Å². The van der Waals surface area contributed by atoms with Gasteiger partial charge in [0.15, 0.2) is 0 Å². The highest BCUT2D eigenvalue weighted by molar-refractivity contribution is 4.99. The van der Waals surface area contributed by atoms with Crippen molar-refractivity contribution in [2.24, 2.45) is 0 Å². The van der Waals surface area contributed by atoms with Crippen molar-refractivity contribution < 1.29 is 0 Å². The number of aryl methyl sites for hydroxylation is 1. The molecule has 0 amide bonds. The Bertz CT molecular complexity index is 261. The lowest BCUT2D eigenvalue weighted by Gasteiger charge is -2.23. The number of rotatable bonds is 2. The molecule has 1 N–H and O–H groups in total. The Morgan fingerprint density at radius 1 is 1.62 bits per heavy atom. The van der Waals surface area contributed by atoms with Gasteiger partial charge >= 0.3 is 0 Å². The minimum atomic E-state index is 0.632. The largest absolute Gasteiger partial charge is 0.312 e. The molecule has 0 unspecified atom stereocenters. The summed E-state index contributed by atoms with van der Waals surface area (Å²) >= 11 is 0. The first-order valence-electron chi connectivity index (χ1n) is 5.07. The number of aromatic nitrogens is 2. The molecule has 2 rings (SSSR count). The maximum atomic E-state index is 4.29. The van der Waals surface area contributed by atoms with Crippen molar-refractivity contribution in [1.82, 2.24) is 15.1 Å². The Morgan fingerprint density at radius 3 is 3.15 bits per heavy atom. The molecule has 1 aromatic rings. The van der Waals surface area contributed by atoms with E-state index in [9.17, 15) is 0 Å². The van der Waals surface area contributed by atoms with Crippen molar-refractivity contribution in [3.05, 3.63) is 18.0 Å². The zero-order valence-electron chi connectivity index (χ0n) is 8.16. The van der Waals surface area contributed by atoms with E-state index in [0.717, 1.165) is 6.54 Å². The molecule has 13 heavy (non-hydrogen) atoms. The van der Waals surface area contributed by atoms with Crippen molar-refractivity contribution in [2.75, 3.05) is 6.54 Å². The van der Waals surface area contributed by atoms with Crippen LogP contribution in [0.5, 0.6) is 0 Å². The van der Waals surface area contributed by atoms with Crippen LogP contribution in [0.25, 0.3) is 0 Å². The van der Waals surface area contributed by atoms with Crippen LogP contribution >= 0.6 is 0 Å². The van der Waals surface area contributed by atoms with Crippen LogP contribution in [-0.4, -0.2) is 22.4 Å². The van der Waals surface area contributed by atoms with E-state index in [0.29, 0.717) is 6.04 Å². The normalized spacial score (nSPS) is 23.3. The van der Waals surface area contributed by atoms with E-state index >= 15 is 0 Å². The third-order valence-electron chi connectivity index (χ3n) is 2.58. The van der Waals surface area contributed by atoms with E-state index < -0.39 is 0 Å². The number of nitrogens with zero attached hydrogens (tertiary/aromatic N) is 2. The highest BCUT2D eigenvalue weighted by Crippen LogP contribution is 2.08. The zero-order chi connectivity index (χ0) is 9.10. The van der Waals surface area contributed by atoms with Gasteiger partial charge in [0.05, 0.1) is 12.7 Å². The Balaban J connectivity index is 1.89. The van der Waals surface area contributed by atoms with Gasteiger partial charge in [-0.25, -0.2) is 0 Å². The Hall–Kier alpha value is -0.830.